The average molecular weight is 235 g/mol. The van der Waals surface area contributed by atoms with E-state index in [1.807, 2.05) is 6.92 Å². The molecule has 0 saturated carbocycles. The summed E-state index contributed by atoms with van der Waals surface area (Å²) in [5, 5.41) is 3.17. The van der Waals surface area contributed by atoms with Crippen molar-refractivity contribution >= 4 is 10.2 Å². The van der Waals surface area contributed by atoms with Crippen molar-refractivity contribution in [3.8, 4) is 0 Å². The summed E-state index contributed by atoms with van der Waals surface area (Å²) in [6.45, 7) is 4.22. The molecule has 1 N–H and O–H groups in total. The van der Waals surface area contributed by atoms with Crippen molar-refractivity contribution in [1.82, 2.24) is 13.9 Å². The molecule has 0 bridgehead atoms. The Morgan fingerprint density at radius 2 is 2.07 bits per heavy atom. The van der Waals surface area contributed by atoms with E-state index in [0.29, 0.717) is 6.54 Å². The van der Waals surface area contributed by atoms with Crippen LogP contribution in [0, 0.1) is 0 Å². The van der Waals surface area contributed by atoms with Crippen LogP contribution in [-0.2, 0) is 10.2 Å². The summed E-state index contributed by atoms with van der Waals surface area (Å²) in [6, 6.07) is 0.106. The first-order valence-corrected chi connectivity index (χ1v) is 6.80. The summed E-state index contributed by atoms with van der Waals surface area (Å²) in [5.74, 6) is 0. The molecule has 1 unspecified atom stereocenters. The van der Waals surface area contributed by atoms with Crippen molar-refractivity contribution in [3.63, 3.8) is 0 Å². The van der Waals surface area contributed by atoms with Crippen LogP contribution >= 0.6 is 0 Å². The molecule has 0 radical (unpaired) electrons. The fourth-order valence-electron chi connectivity index (χ4n) is 1.79. The van der Waals surface area contributed by atoms with Gasteiger partial charge in [0.2, 0.25) is 0 Å². The van der Waals surface area contributed by atoms with Crippen molar-refractivity contribution in [1.29, 1.82) is 0 Å². The SMILES string of the molecule is CCCN(C)S(=O)(=O)N(C)C1CCNC1. The van der Waals surface area contributed by atoms with E-state index < -0.39 is 10.2 Å². The summed E-state index contributed by atoms with van der Waals surface area (Å²) >= 11 is 0. The lowest BCUT2D eigenvalue weighted by atomic mass is 10.3. The van der Waals surface area contributed by atoms with Crippen LogP contribution in [0.15, 0.2) is 0 Å². The maximum atomic E-state index is 12.0. The standard InChI is InChI=1S/C9H21N3O2S/c1-4-7-11(2)15(13,14)12(3)9-5-6-10-8-9/h9-10H,4-8H2,1-3H3. The molecule has 1 rings (SSSR count). The van der Waals surface area contributed by atoms with Crippen LogP contribution in [0.2, 0.25) is 0 Å². The van der Waals surface area contributed by atoms with E-state index in [-0.39, 0.29) is 6.04 Å². The van der Waals surface area contributed by atoms with E-state index in [2.05, 4.69) is 5.32 Å². The highest BCUT2D eigenvalue weighted by Gasteiger charge is 2.30. The Balaban J connectivity index is 2.67. The molecule has 1 saturated heterocycles. The smallest absolute Gasteiger partial charge is 0.281 e. The molecule has 1 aliphatic heterocycles. The molecular formula is C9H21N3O2S. The topological polar surface area (TPSA) is 52.7 Å². The molecular weight excluding hydrogens is 214 g/mol. The van der Waals surface area contributed by atoms with Gasteiger partial charge < -0.3 is 5.32 Å². The molecule has 0 spiro atoms. The van der Waals surface area contributed by atoms with Crippen molar-refractivity contribution in [2.75, 3.05) is 33.7 Å². The first kappa shape index (κ1) is 12.9. The second kappa shape index (κ2) is 5.25. The molecule has 1 heterocycles. The lowest BCUT2D eigenvalue weighted by Gasteiger charge is -2.28. The minimum atomic E-state index is -3.26. The summed E-state index contributed by atoms with van der Waals surface area (Å²) in [4.78, 5) is 0. The number of rotatable bonds is 5. The third-order valence-corrected chi connectivity index (χ3v) is 4.84. The molecule has 6 heteroatoms. The lowest BCUT2D eigenvalue weighted by Crippen LogP contribution is -2.45. The molecule has 1 aliphatic rings. The molecule has 5 nitrogen and oxygen atoms in total. The van der Waals surface area contributed by atoms with Crippen LogP contribution in [0.4, 0.5) is 0 Å². The van der Waals surface area contributed by atoms with Gasteiger partial charge >= 0.3 is 0 Å². The molecule has 0 aromatic rings. The predicted molar refractivity (Wildman–Crippen MR) is 60.9 cm³/mol. The zero-order valence-corrected chi connectivity index (χ0v) is 10.5. The minimum absolute atomic E-state index is 0.106. The molecule has 0 amide bonds. The Bertz CT molecular complexity index is 286. The maximum Gasteiger partial charge on any atom is 0.281 e. The van der Waals surface area contributed by atoms with Crippen LogP contribution in [0.5, 0.6) is 0 Å². The monoisotopic (exact) mass is 235 g/mol. The van der Waals surface area contributed by atoms with Gasteiger partial charge in [-0.15, -0.1) is 0 Å². The summed E-state index contributed by atoms with van der Waals surface area (Å²) in [7, 11) is 0.0446. The Morgan fingerprint density at radius 3 is 2.53 bits per heavy atom. The van der Waals surface area contributed by atoms with E-state index in [4.69, 9.17) is 0 Å². The Labute approximate surface area is 92.6 Å². The summed E-state index contributed by atoms with van der Waals surface area (Å²) in [6.07, 6.45) is 1.74. The predicted octanol–water partition coefficient (Wildman–Crippen LogP) is -0.133. The summed E-state index contributed by atoms with van der Waals surface area (Å²) < 4.78 is 27.0. The van der Waals surface area contributed by atoms with Gasteiger partial charge in [0, 0.05) is 33.2 Å². The third-order valence-electron chi connectivity index (χ3n) is 2.84. The maximum absolute atomic E-state index is 12.0. The second-order valence-electron chi connectivity index (χ2n) is 3.99. The van der Waals surface area contributed by atoms with E-state index in [9.17, 15) is 8.42 Å². The number of nitrogens with one attached hydrogen (secondary N) is 1. The lowest BCUT2D eigenvalue weighted by molar-refractivity contribution is 0.343. The quantitative estimate of drug-likeness (QED) is 0.722. The number of likely N-dealkylation sites (N-methyl/N-ethyl adjacent to an activating group) is 1. The molecule has 90 valence electrons. The van der Waals surface area contributed by atoms with Gasteiger partial charge in [-0.05, 0) is 19.4 Å². The Kier molecular flexibility index (Phi) is 4.51. The van der Waals surface area contributed by atoms with Crippen LogP contribution < -0.4 is 5.32 Å². The van der Waals surface area contributed by atoms with Gasteiger partial charge in [0.1, 0.15) is 0 Å². The zero-order chi connectivity index (χ0) is 11.5. The van der Waals surface area contributed by atoms with Gasteiger partial charge in [-0.3, -0.25) is 0 Å². The normalized spacial score (nSPS) is 22.9. The minimum Gasteiger partial charge on any atom is -0.315 e. The van der Waals surface area contributed by atoms with Crippen LogP contribution in [-0.4, -0.2) is 56.8 Å². The molecule has 0 aromatic carbocycles. The van der Waals surface area contributed by atoms with Gasteiger partial charge in [-0.1, -0.05) is 6.92 Å². The first-order chi connectivity index (χ1) is 7.00. The molecule has 1 fully saturated rings. The fraction of sp³-hybridized carbons (Fsp3) is 1.00. The summed E-state index contributed by atoms with van der Waals surface area (Å²) in [5.41, 5.74) is 0. The number of nitrogens with zero attached hydrogens (tertiary/aromatic N) is 2. The molecule has 1 atom stereocenters. The Morgan fingerprint density at radius 1 is 1.40 bits per heavy atom. The number of hydrogen-bond acceptors (Lipinski definition) is 3. The first-order valence-electron chi connectivity index (χ1n) is 5.40. The molecule has 15 heavy (non-hydrogen) atoms. The van der Waals surface area contributed by atoms with Gasteiger partial charge in [0.05, 0.1) is 0 Å². The van der Waals surface area contributed by atoms with Crippen LogP contribution in [0.1, 0.15) is 19.8 Å². The van der Waals surface area contributed by atoms with Crippen LogP contribution in [0.25, 0.3) is 0 Å². The fourth-order valence-corrected chi connectivity index (χ4v) is 3.20. The van der Waals surface area contributed by atoms with Gasteiger partial charge in [-0.2, -0.15) is 17.0 Å². The Hall–Kier alpha value is -0.170. The molecule has 0 aromatic heterocycles. The van der Waals surface area contributed by atoms with Gasteiger partial charge in [-0.25, -0.2) is 0 Å². The highest BCUT2D eigenvalue weighted by molar-refractivity contribution is 7.86. The van der Waals surface area contributed by atoms with Crippen molar-refractivity contribution in [3.05, 3.63) is 0 Å². The van der Waals surface area contributed by atoms with Crippen molar-refractivity contribution in [2.24, 2.45) is 0 Å². The van der Waals surface area contributed by atoms with E-state index in [0.717, 1.165) is 25.9 Å². The van der Waals surface area contributed by atoms with Crippen molar-refractivity contribution < 1.29 is 8.42 Å². The highest BCUT2D eigenvalue weighted by Crippen LogP contribution is 2.13. The van der Waals surface area contributed by atoms with Gasteiger partial charge in [0.25, 0.3) is 10.2 Å². The van der Waals surface area contributed by atoms with E-state index >= 15 is 0 Å². The zero-order valence-electron chi connectivity index (χ0n) is 9.73. The van der Waals surface area contributed by atoms with Gasteiger partial charge in [0.15, 0.2) is 0 Å². The second-order valence-corrected chi connectivity index (χ2v) is 6.09. The number of hydrogen-bond donors (Lipinski definition) is 1. The van der Waals surface area contributed by atoms with E-state index in [1.165, 1.54) is 8.61 Å². The third kappa shape index (κ3) is 2.90. The van der Waals surface area contributed by atoms with Crippen molar-refractivity contribution in [2.45, 2.75) is 25.8 Å². The van der Waals surface area contributed by atoms with Crippen LogP contribution in [0.3, 0.4) is 0 Å². The molecule has 0 aliphatic carbocycles. The highest BCUT2D eigenvalue weighted by atomic mass is 32.2. The average Bonchev–Trinajstić information content (AvgIpc) is 2.69. The van der Waals surface area contributed by atoms with E-state index in [1.54, 1.807) is 14.1 Å². The largest absolute Gasteiger partial charge is 0.315 e.